The van der Waals surface area contributed by atoms with Crippen LogP contribution >= 0.6 is 0 Å². The van der Waals surface area contributed by atoms with Crippen LogP contribution in [-0.2, 0) is 11.2 Å². The van der Waals surface area contributed by atoms with Crippen molar-refractivity contribution in [2.45, 2.75) is 18.9 Å². The number of nitrogens with zero attached hydrogens (tertiary/aromatic N) is 3. The van der Waals surface area contributed by atoms with Crippen LogP contribution in [-0.4, -0.2) is 54.1 Å². The van der Waals surface area contributed by atoms with E-state index in [4.69, 9.17) is 9.47 Å². The van der Waals surface area contributed by atoms with Gasteiger partial charge >= 0.3 is 0 Å². The molecule has 1 aromatic heterocycles. The molecule has 1 N–H and O–H groups in total. The molecule has 0 saturated carbocycles. The Kier molecular flexibility index (Phi) is 5.33. The van der Waals surface area contributed by atoms with Crippen molar-refractivity contribution in [3.8, 4) is 11.5 Å². The van der Waals surface area contributed by atoms with E-state index in [1.54, 1.807) is 20.4 Å². The topological polar surface area (TPSA) is 76.6 Å². The Balaban J connectivity index is 1.46. The maximum absolute atomic E-state index is 12.3. The Morgan fingerprint density at radius 3 is 2.80 bits per heavy atom. The van der Waals surface area contributed by atoms with E-state index in [0.29, 0.717) is 25.9 Å². The number of likely N-dealkylation sites (tertiary alicyclic amines) is 1. The second-order valence-corrected chi connectivity index (χ2v) is 5.91. The molecule has 1 fully saturated rings. The highest BCUT2D eigenvalue weighted by Gasteiger charge is 2.30. The smallest absolute Gasteiger partial charge is 0.223 e. The van der Waals surface area contributed by atoms with Gasteiger partial charge in [-0.3, -0.25) is 4.79 Å². The van der Waals surface area contributed by atoms with Gasteiger partial charge in [-0.2, -0.15) is 0 Å². The maximum Gasteiger partial charge on any atom is 0.223 e. The highest BCUT2D eigenvalue weighted by molar-refractivity contribution is 5.77. The molecule has 1 aliphatic heterocycles. The number of aryl methyl sites for hydroxylation is 1. The third-order valence-electron chi connectivity index (χ3n) is 4.27. The van der Waals surface area contributed by atoms with E-state index < -0.39 is 0 Å². The number of hydrogen-bond donors (Lipinski definition) is 1. The highest BCUT2D eigenvalue weighted by Crippen LogP contribution is 2.26. The van der Waals surface area contributed by atoms with Crippen molar-refractivity contribution in [2.75, 3.05) is 32.6 Å². The van der Waals surface area contributed by atoms with Gasteiger partial charge in [0, 0.05) is 31.8 Å². The largest absolute Gasteiger partial charge is 0.497 e. The second kappa shape index (κ2) is 7.83. The molecule has 1 aromatic carbocycles. The van der Waals surface area contributed by atoms with Crippen LogP contribution in [0.4, 0.5) is 5.82 Å². The molecule has 7 nitrogen and oxygen atoms in total. The first-order chi connectivity index (χ1) is 12.2. The number of aromatic nitrogens is 2. The predicted molar refractivity (Wildman–Crippen MR) is 93.9 cm³/mol. The fraction of sp³-hybridized carbons (Fsp3) is 0.389. The molecule has 25 heavy (non-hydrogen) atoms. The lowest BCUT2D eigenvalue weighted by Gasteiger charge is -2.40. The minimum atomic E-state index is 0.151. The summed E-state index contributed by atoms with van der Waals surface area (Å²) in [5, 5.41) is 3.29. The molecule has 2 aromatic rings. The first-order valence-corrected chi connectivity index (χ1v) is 8.21. The number of amides is 1. The summed E-state index contributed by atoms with van der Waals surface area (Å²) in [5.41, 5.74) is 1.01. The van der Waals surface area contributed by atoms with E-state index in [2.05, 4.69) is 15.3 Å². The van der Waals surface area contributed by atoms with Crippen LogP contribution in [0.2, 0.25) is 0 Å². The summed E-state index contributed by atoms with van der Waals surface area (Å²) < 4.78 is 10.6. The number of ether oxygens (including phenoxy) is 2. The zero-order valence-corrected chi connectivity index (χ0v) is 14.4. The summed E-state index contributed by atoms with van der Waals surface area (Å²) in [6, 6.07) is 7.73. The molecule has 0 atom stereocenters. The summed E-state index contributed by atoms with van der Waals surface area (Å²) in [7, 11) is 3.24. The van der Waals surface area contributed by atoms with Gasteiger partial charge in [-0.15, -0.1) is 0 Å². The fourth-order valence-corrected chi connectivity index (χ4v) is 2.82. The summed E-state index contributed by atoms with van der Waals surface area (Å²) in [6.45, 7) is 1.39. The van der Waals surface area contributed by atoms with E-state index in [9.17, 15) is 4.79 Å². The molecule has 3 rings (SSSR count). The summed E-state index contributed by atoms with van der Waals surface area (Å²) in [5.74, 6) is 2.43. The molecular weight excluding hydrogens is 320 g/mol. The van der Waals surface area contributed by atoms with Gasteiger partial charge in [-0.05, 0) is 24.1 Å². The van der Waals surface area contributed by atoms with Crippen LogP contribution in [0.15, 0.2) is 36.8 Å². The number of methoxy groups -OCH3 is 2. The predicted octanol–water partition coefficient (Wildman–Crippen LogP) is 1.75. The SMILES string of the molecule is COc1ccc(CCC(=O)N2CC(Nc3ccncn3)C2)c(OC)c1. The van der Waals surface area contributed by atoms with Crippen LogP contribution < -0.4 is 14.8 Å². The molecule has 0 radical (unpaired) electrons. The molecule has 1 aliphatic rings. The van der Waals surface area contributed by atoms with Crippen LogP contribution in [0.1, 0.15) is 12.0 Å². The number of rotatable bonds is 7. The zero-order chi connectivity index (χ0) is 17.6. The summed E-state index contributed by atoms with van der Waals surface area (Å²) in [4.78, 5) is 22.2. The van der Waals surface area contributed by atoms with Crippen molar-refractivity contribution < 1.29 is 14.3 Å². The fourth-order valence-electron chi connectivity index (χ4n) is 2.82. The van der Waals surface area contributed by atoms with Crippen LogP contribution in [0, 0.1) is 0 Å². The van der Waals surface area contributed by atoms with Crippen molar-refractivity contribution in [3.05, 3.63) is 42.4 Å². The van der Waals surface area contributed by atoms with Gasteiger partial charge < -0.3 is 19.7 Å². The number of carbonyl (C=O) groups is 1. The molecular formula is C18H22N4O3. The summed E-state index contributed by atoms with van der Waals surface area (Å²) in [6.07, 6.45) is 4.31. The van der Waals surface area contributed by atoms with Gasteiger partial charge in [0.1, 0.15) is 23.6 Å². The number of benzene rings is 1. The zero-order valence-electron chi connectivity index (χ0n) is 14.4. The summed E-state index contributed by atoms with van der Waals surface area (Å²) >= 11 is 0. The minimum Gasteiger partial charge on any atom is -0.497 e. The first-order valence-electron chi connectivity index (χ1n) is 8.21. The third kappa shape index (κ3) is 4.17. The van der Waals surface area contributed by atoms with Crippen molar-refractivity contribution in [1.29, 1.82) is 0 Å². The maximum atomic E-state index is 12.3. The van der Waals surface area contributed by atoms with E-state index in [-0.39, 0.29) is 11.9 Å². The van der Waals surface area contributed by atoms with E-state index in [0.717, 1.165) is 22.9 Å². The lowest BCUT2D eigenvalue weighted by molar-refractivity contribution is -0.135. The molecule has 0 spiro atoms. The highest BCUT2D eigenvalue weighted by atomic mass is 16.5. The van der Waals surface area contributed by atoms with Gasteiger partial charge in [-0.25, -0.2) is 9.97 Å². The molecule has 0 unspecified atom stereocenters. The average Bonchev–Trinajstić information content (AvgIpc) is 2.63. The van der Waals surface area contributed by atoms with Gasteiger partial charge in [-0.1, -0.05) is 6.07 Å². The van der Waals surface area contributed by atoms with Gasteiger partial charge in [0.15, 0.2) is 0 Å². The molecule has 0 aliphatic carbocycles. The molecule has 1 amide bonds. The number of carbonyl (C=O) groups excluding carboxylic acids is 1. The van der Waals surface area contributed by atoms with Crippen LogP contribution in [0.25, 0.3) is 0 Å². The monoisotopic (exact) mass is 342 g/mol. The lowest BCUT2D eigenvalue weighted by atomic mass is 10.0. The molecule has 1 saturated heterocycles. The Morgan fingerprint density at radius 2 is 2.12 bits per heavy atom. The van der Waals surface area contributed by atoms with Crippen LogP contribution in [0.5, 0.6) is 11.5 Å². The number of anilines is 1. The van der Waals surface area contributed by atoms with Gasteiger partial charge in [0.2, 0.25) is 5.91 Å². The Labute approximate surface area is 147 Å². The van der Waals surface area contributed by atoms with E-state index >= 15 is 0 Å². The molecule has 2 heterocycles. The lowest BCUT2D eigenvalue weighted by Crippen LogP contribution is -2.57. The van der Waals surface area contributed by atoms with Crippen molar-refractivity contribution in [3.63, 3.8) is 0 Å². The third-order valence-corrected chi connectivity index (χ3v) is 4.27. The Morgan fingerprint density at radius 1 is 1.28 bits per heavy atom. The normalized spacial score (nSPS) is 13.9. The molecule has 132 valence electrons. The minimum absolute atomic E-state index is 0.151. The van der Waals surface area contributed by atoms with Crippen molar-refractivity contribution in [2.24, 2.45) is 0 Å². The Hall–Kier alpha value is -2.83. The standard InChI is InChI=1S/C18H22N4O3/c1-24-15-5-3-13(16(9-15)25-2)4-6-18(23)22-10-14(11-22)21-17-7-8-19-12-20-17/h3,5,7-9,12,14H,4,6,10-11H2,1-2H3,(H,19,20,21). The van der Waals surface area contributed by atoms with Crippen LogP contribution in [0.3, 0.4) is 0 Å². The number of nitrogens with one attached hydrogen (secondary N) is 1. The average molecular weight is 342 g/mol. The van der Waals surface area contributed by atoms with Gasteiger partial charge in [0.05, 0.1) is 20.3 Å². The van der Waals surface area contributed by atoms with Gasteiger partial charge in [0.25, 0.3) is 0 Å². The number of hydrogen-bond acceptors (Lipinski definition) is 6. The second-order valence-electron chi connectivity index (χ2n) is 5.91. The molecule has 0 bridgehead atoms. The first kappa shape index (κ1) is 17.0. The van der Waals surface area contributed by atoms with Crippen molar-refractivity contribution in [1.82, 2.24) is 14.9 Å². The quantitative estimate of drug-likeness (QED) is 0.826. The van der Waals surface area contributed by atoms with Crippen molar-refractivity contribution >= 4 is 11.7 Å². The van der Waals surface area contributed by atoms with E-state index in [1.807, 2.05) is 29.2 Å². The van der Waals surface area contributed by atoms with E-state index in [1.165, 1.54) is 6.33 Å². The Bertz CT molecular complexity index is 718. The molecule has 7 heteroatoms.